The number of aromatic nitrogens is 5. The molecule has 0 aliphatic heterocycles. The van der Waals surface area contributed by atoms with E-state index >= 15 is 0 Å². The molecule has 0 radical (unpaired) electrons. The van der Waals surface area contributed by atoms with Gasteiger partial charge in [-0.25, -0.2) is 19.9 Å². The molecule has 0 aliphatic rings. The standard InChI is InChI=1S/C58H37N5/c1-5-17-38(18-6-1)41-23-15-25-44(33-41)57-60-56(40-21-9-3-10-22-40)61-58(62-57)45-26-16-24-42(34-45)43-31-32-53-50(35-43)51-36-52-49(37-54(51)63(53)46-27-11-4-12-28-46)47-29-13-14-30-48(47)55(59-52)39-19-7-2-8-20-39/h1-37H. The number of fused-ring (bicyclic) bond motifs is 6. The maximum Gasteiger partial charge on any atom is 0.164 e. The van der Waals surface area contributed by atoms with Crippen molar-refractivity contribution in [3.8, 4) is 73.4 Å². The van der Waals surface area contributed by atoms with Gasteiger partial charge in [0, 0.05) is 49.5 Å². The molecule has 5 heteroatoms. The lowest BCUT2D eigenvalue weighted by Crippen LogP contribution is -2.00. The van der Waals surface area contributed by atoms with Crippen molar-refractivity contribution in [1.82, 2.24) is 24.5 Å². The summed E-state index contributed by atoms with van der Waals surface area (Å²) in [6.45, 7) is 0. The van der Waals surface area contributed by atoms with E-state index in [0.717, 1.165) is 94.0 Å². The lowest BCUT2D eigenvalue weighted by Gasteiger charge is -2.12. The minimum atomic E-state index is 0.617. The second-order valence-corrected chi connectivity index (χ2v) is 15.9. The van der Waals surface area contributed by atoms with Crippen LogP contribution in [-0.4, -0.2) is 24.5 Å². The van der Waals surface area contributed by atoms with Crippen molar-refractivity contribution in [3.63, 3.8) is 0 Å². The minimum Gasteiger partial charge on any atom is -0.309 e. The van der Waals surface area contributed by atoms with E-state index in [1.54, 1.807) is 0 Å². The van der Waals surface area contributed by atoms with Crippen molar-refractivity contribution in [3.05, 3.63) is 224 Å². The fraction of sp³-hybridized carbons (Fsp3) is 0. The van der Waals surface area contributed by atoms with Crippen molar-refractivity contribution in [2.24, 2.45) is 0 Å². The van der Waals surface area contributed by atoms with Crippen LogP contribution in [0.3, 0.4) is 0 Å². The Balaban J connectivity index is 1.03. The van der Waals surface area contributed by atoms with E-state index in [0.29, 0.717) is 17.5 Å². The molecule has 9 aromatic carbocycles. The predicted octanol–water partition coefficient (Wildman–Crippen LogP) is 14.7. The third-order valence-electron chi connectivity index (χ3n) is 12.0. The van der Waals surface area contributed by atoms with E-state index in [1.165, 1.54) is 5.39 Å². The second-order valence-electron chi connectivity index (χ2n) is 15.9. The Morgan fingerprint density at radius 3 is 1.38 bits per heavy atom. The van der Waals surface area contributed by atoms with Gasteiger partial charge in [-0.15, -0.1) is 0 Å². The van der Waals surface area contributed by atoms with E-state index < -0.39 is 0 Å². The molecule has 0 atom stereocenters. The first-order chi connectivity index (χ1) is 31.2. The van der Waals surface area contributed by atoms with E-state index in [4.69, 9.17) is 19.9 Å². The van der Waals surface area contributed by atoms with E-state index in [2.05, 4.69) is 193 Å². The summed E-state index contributed by atoms with van der Waals surface area (Å²) in [6.07, 6.45) is 0. The summed E-state index contributed by atoms with van der Waals surface area (Å²) < 4.78 is 2.38. The van der Waals surface area contributed by atoms with Crippen LogP contribution < -0.4 is 0 Å². The van der Waals surface area contributed by atoms with Gasteiger partial charge in [0.1, 0.15) is 0 Å². The maximum atomic E-state index is 5.39. The van der Waals surface area contributed by atoms with Gasteiger partial charge in [0.05, 0.1) is 22.2 Å². The lowest BCUT2D eigenvalue weighted by atomic mass is 9.98. The van der Waals surface area contributed by atoms with Gasteiger partial charge >= 0.3 is 0 Å². The molecule has 3 aromatic heterocycles. The van der Waals surface area contributed by atoms with Gasteiger partial charge in [0.25, 0.3) is 0 Å². The molecule has 0 fully saturated rings. The topological polar surface area (TPSA) is 56.5 Å². The van der Waals surface area contributed by atoms with Crippen molar-refractivity contribution >= 4 is 43.5 Å². The first kappa shape index (κ1) is 36.3. The average Bonchev–Trinajstić information content (AvgIpc) is 3.69. The lowest BCUT2D eigenvalue weighted by molar-refractivity contribution is 1.07. The number of benzene rings is 9. The largest absolute Gasteiger partial charge is 0.309 e. The zero-order valence-electron chi connectivity index (χ0n) is 34.1. The molecule has 63 heavy (non-hydrogen) atoms. The van der Waals surface area contributed by atoms with Crippen molar-refractivity contribution in [2.75, 3.05) is 0 Å². The first-order valence-electron chi connectivity index (χ1n) is 21.2. The molecule has 0 unspecified atom stereocenters. The zero-order chi connectivity index (χ0) is 41.7. The summed E-state index contributed by atoms with van der Waals surface area (Å²) in [6, 6.07) is 78.7. The van der Waals surface area contributed by atoms with Gasteiger partial charge in [-0.1, -0.05) is 176 Å². The highest BCUT2D eigenvalue weighted by molar-refractivity contribution is 6.19. The van der Waals surface area contributed by atoms with Crippen LogP contribution in [0, 0.1) is 0 Å². The van der Waals surface area contributed by atoms with Gasteiger partial charge in [0.2, 0.25) is 0 Å². The number of pyridine rings is 1. The van der Waals surface area contributed by atoms with Crippen molar-refractivity contribution in [2.45, 2.75) is 0 Å². The van der Waals surface area contributed by atoms with Crippen LogP contribution in [0.25, 0.3) is 117 Å². The van der Waals surface area contributed by atoms with Crippen LogP contribution in [0.5, 0.6) is 0 Å². The Hall–Kier alpha value is -8.54. The summed E-state index contributed by atoms with van der Waals surface area (Å²) >= 11 is 0. The number of para-hydroxylation sites is 1. The van der Waals surface area contributed by atoms with Crippen LogP contribution >= 0.6 is 0 Å². The Morgan fingerprint density at radius 1 is 0.254 bits per heavy atom. The van der Waals surface area contributed by atoms with Crippen LogP contribution in [-0.2, 0) is 0 Å². The SMILES string of the molecule is c1ccc(-c2cccc(-c3nc(-c4ccccc4)nc(-c4cccc(-c5ccc6c(c5)c5cc7nc(-c8ccccc8)c8ccccc8c7cc5n6-c5ccccc5)c4)n3)c2)cc1. The van der Waals surface area contributed by atoms with E-state index in [9.17, 15) is 0 Å². The molecule has 0 bridgehead atoms. The number of rotatable bonds is 7. The maximum absolute atomic E-state index is 5.39. The molecule has 294 valence electrons. The molecular formula is C58H37N5. The highest BCUT2D eigenvalue weighted by atomic mass is 15.0. The monoisotopic (exact) mass is 803 g/mol. The van der Waals surface area contributed by atoms with Crippen molar-refractivity contribution < 1.29 is 0 Å². The first-order valence-corrected chi connectivity index (χ1v) is 21.2. The van der Waals surface area contributed by atoms with E-state index in [-0.39, 0.29) is 0 Å². The Bertz CT molecular complexity index is 3660. The van der Waals surface area contributed by atoms with Gasteiger partial charge in [0.15, 0.2) is 17.5 Å². The summed E-state index contributed by atoms with van der Waals surface area (Å²) in [5, 5.41) is 5.76. The molecule has 12 aromatic rings. The molecular weight excluding hydrogens is 767 g/mol. The molecule has 0 saturated heterocycles. The van der Waals surface area contributed by atoms with Crippen LogP contribution in [0.4, 0.5) is 0 Å². The van der Waals surface area contributed by atoms with Gasteiger partial charge < -0.3 is 4.57 Å². The molecule has 0 spiro atoms. The third-order valence-corrected chi connectivity index (χ3v) is 12.0. The normalized spacial score (nSPS) is 11.5. The van der Waals surface area contributed by atoms with E-state index in [1.807, 2.05) is 36.4 Å². The fourth-order valence-corrected chi connectivity index (χ4v) is 8.98. The summed E-state index contributed by atoms with van der Waals surface area (Å²) in [5.41, 5.74) is 13.6. The Kier molecular flexibility index (Phi) is 8.75. The summed E-state index contributed by atoms with van der Waals surface area (Å²) in [5.74, 6) is 1.87. The van der Waals surface area contributed by atoms with Crippen molar-refractivity contribution in [1.29, 1.82) is 0 Å². The highest BCUT2D eigenvalue weighted by Gasteiger charge is 2.19. The van der Waals surface area contributed by atoms with Gasteiger partial charge in [-0.2, -0.15) is 0 Å². The molecule has 0 saturated carbocycles. The predicted molar refractivity (Wildman–Crippen MR) is 260 cm³/mol. The fourth-order valence-electron chi connectivity index (χ4n) is 8.98. The van der Waals surface area contributed by atoms with Crippen LogP contribution in [0.15, 0.2) is 224 Å². The van der Waals surface area contributed by atoms with Gasteiger partial charge in [-0.05, 0) is 76.2 Å². The minimum absolute atomic E-state index is 0.617. The molecule has 0 aliphatic carbocycles. The summed E-state index contributed by atoms with van der Waals surface area (Å²) in [7, 11) is 0. The Labute approximate surface area is 364 Å². The Morgan fingerprint density at radius 2 is 0.730 bits per heavy atom. The molecule has 3 heterocycles. The quantitative estimate of drug-likeness (QED) is 0.151. The number of nitrogens with zero attached hydrogens (tertiary/aromatic N) is 5. The second kappa shape index (κ2) is 15.2. The average molecular weight is 804 g/mol. The smallest absolute Gasteiger partial charge is 0.164 e. The van der Waals surface area contributed by atoms with Crippen LogP contribution in [0.1, 0.15) is 0 Å². The highest BCUT2D eigenvalue weighted by Crippen LogP contribution is 2.40. The molecule has 0 N–H and O–H groups in total. The number of hydrogen-bond acceptors (Lipinski definition) is 4. The molecule has 5 nitrogen and oxygen atoms in total. The third kappa shape index (κ3) is 6.51. The molecule has 12 rings (SSSR count). The molecule has 0 amide bonds. The zero-order valence-corrected chi connectivity index (χ0v) is 34.1. The van der Waals surface area contributed by atoms with Crippen LogP contribution in [0.2, 0.25) is 0 Å². The van der Waals surface area contributed by atoms with Gasteiger partial charge in [-0.3, -0.25) is 0 Å². The number of hydrogen-bond donors (Lipinski definition) is 0. The summed E-state index contributed by atoms with van der Waals surface area (Å²) in [4.78, 5) is 20.7.